The molecule has 2 aliphatic heterocycles. The van der Waals surface area contributed by atoms with Gasteiger partial charge < -0.3 is 9.47 Å². The lowest BCUT2D eigenvalue weighted by molar-refractivity contribution is -0.152. The second kappa shape index (κ2) is 5.90. The molecule has 0 aliphatic carbocycles. The largest absolute Gasteiger partial charge is 0.386 e. The number of hydrogen-bond donors (Lipinski definition) is 0. The molecule has 0 spiro atoms. The Morgan fingerprint density at radius 3 is 1.22 bits per heavy atom. The molecular weight excluding hydrogens is 240 g/mol. The molecular formula is C12H12O6. The fraction of sp³-hybridized carbons (Fsp3) is 0.333. The number of carbonyl (C=O) groups is 4. The van der Waals surface area contributed by atoms with Crippen LogP contribution in [0, 0.1) is 0 Å². The lowest BCUT2D eigenvalue weighted by atomic mass is 10.2. The van der Waals surface area contributed by atoms with E-state index in [1.807, 2.05) is 0 Å². The first kappa shape index (κ1) is 13.8. The van der Waals surface area contributed by atoms with Gasteiger partial charge in [0.2, 0.25) is 0 Å². The highest BCUT2D eigenvalue weighted by Gasteiger charge is 2.21. The Morgan fingerprint density at radius 1 is 0.778 bits per heavy atom. The highest BCUT2D eigenvalue weighted by atomic mass is 16.6. The summed E-state index contributed by atoms with van der Waals surface area (Å²) in [5.74, 6) is -2.08. The minimum atomic E-state index is -0.545. The third-order valence-electron chi connectivity index (χ3n) is 2.26. The van der Waals surface area contributed by atoms with Gasteiger partial charge in [-0.15, -0.1) is 0 Å². The van der Waals surface area contributed by atoms with Crippen molar-refractivity contribution in [3.8, 4) is 0 Å². The summed E-state index contributed by atoms with van der Waals surface area (Å²) in [6.45, 7) is 3.59. The Kier molecular flexibility index (Phi) is 4.53. The van der Waals surface area contributed by atoms with Crippen molar-refractivity contribution in [1.82, 2.24) is 0 Å². The molecule has 0 amide bonds. The summed E-state index contributed by atoms with van der Waals surface area (Å²) in [4.78, 5) is 41.6. The molecule has 0 fully saturated rings. The first-order valence-electron chi connectivity index (χ1n) is 5.41. The molecule has 2 rings (SSSR count). The highest BCUT2D eigenvalue weighted by molar-refractivity contribution is 6.09. The van der Waals surface area contributed by atoms with E-state index in [0.29, 0.717) is 24.0 Å². The van der Waals surface area contributed by atoms with E-state index in [-0.39, 0.29) is 0 Å². The number of esters is 4. The fourth-order valence-corrected chi connectivity index (χ4v) is 1.27. The third-order valence-corrected chi connectivity index (χ3v) is 2.26. The van der Waals surface area contributed by atoms with Gasteiger partial charge in [0.05, 0.1) is 0 Å². The Morgan fingerprint density at radius 2 is 1.11 bits per heavy atom. The zero-order valence-electron chi connectivity index (χ0n) is 10.0. The standard InChI is InChI=1S/2C6H6O3/c2*1-2-4-3-5(7)9-6(4)8/h2*3H,2H2,1H3. The molecule has 0 aromatic rings. The number of rotatable bonds is 2. The molecule has 0 unspecified atom stereocenters. The quantitative estimate of drug-likeness (QED) is 0.534. The van der Waals surface area contributed by atoms with E-state index in [1.165, 1.54) is 12.2 Å². The predicted octanol–water partition coefficient (Wildman–Crippen LogP) is 0.812. The first-order valence-corrected chi connectivity index (χ1v) is 5.41. The van der Waals surface area contributed by atoms with Crippen LogP contribution in [0.1, 0.15) is 26.7 Å². The second-order valence-electron chi connectivity index (χ2n) is 3.46. The van der Waals surface area contributed by atoms with E-state index in [0.717, 1.165) is 0 Å². The molecule has 0 aromatic carbocycles. The maximum Gasteiger partial charge on any atom is 0.342 e. The van der Waals surface area contributed by atoms with Gasteiger partial charge in [-0.1, -0.05) is 13.8 Å². The molecule has 0 atom stereocenters. The SMILES string of the molecule is CCC1=CC(=O)OC1=O.CCC1=CC(=O)OC1=O. The molecule has 96 valence electrons. The molecule has 6 nitrogen and oxygen atoms in total. The Hall–Kier alpha value is -2.24. The summed E-state index contributed by atoms with van der Waals surface area (Å²) in [5, 5.41) is 0. The van der Waals surface area contributed by atoms with Gasteiger partial charge in [0.25, 0.3) is 0 Å². The molecule has 0 bridgehead atoms. The summed E-state index contributed by atoms with van der Waals surface area (Å²) in [6.07, 6.45) is 3.57. The summed E-state index contributed by atoms with van der Waals surface area (Å²) in [5.41, 5.74) is 0.917. The van der Waals surface area contributed by atoms with Crippen molar-refractivity contribution in [3.05, 3.63) is 23.3 Å². The van der Waals surface area contributed by atoms with E-state index in [4.69, 9.17) is 0 Å². The van der Waals surface area contributed by atoms with Gasteiger partial charge in [0, 0.05) is 23.3 Å². The summed E-state index contributed by atoms with van der Waals surface area (Å²) in [7, 11) is 0. The maximum atomic E-state index is 10.5. The summed E-state index contributed by atoms with van der Waals surface area (Å²) < 4.78 is 8.39. The van der Waals surface area contributed by atoms with Gasteiger partial charge in [0.15, 0.2) is 0 Å². The van der Waals surface area contributed by atoms with Gasteiger partial charge >= 0.3 is 23.9 Å². The smallest absolute Gasteiger partial charge is 0.342 e. The summed E-state index contributed by atoms with van der Waals surface area (Å²) >= 11 is 0. The number of hydrogen-bond acceptors (Lipinski definition) is 6. The van der Waals surface area contributed by atoms with Crippen LogP contribution >= 0.6 is 0 Å². The molecule has 0 saturated heterocycles. The van der Waals surface area contributed by atoms with Crippen LogP contribution in [0.3, 0.4) is 0 Å². The van der Waals surface area contributed by atoms with Gasteiger partial charge in [-0.05, 0) is 12.8 Å². The lowest BCUT2D eigenvalue weighted by Gasteiger charge is -1.88. The van der Waals surface area contributed by atoms with Crippen LogP contribution < -0.4 is 0 Å². The number of cyclic esters (lactones) is 4. The van der Waals surface area contributed by atoms with E-state index >= 15 is 0 Å². The van der Waals surface area contributed by atoms with Crippen LogP contribution in [0.2, 0.25) is 0 Å². The van der Waals surface area contributed by atoms with Crippen LogP contribution in [0.4, 0.5) is 0 Å². The molecule has 2 aliphatic rings. The van der Waals surface area contributed by atoms with E-state index in [2.05, 4.69) is 9.47 Å². The van der Waals surface area contributed by atoms with Gasteiger partial charge in [-0.25, -0.2) is 19.2 Å². The van der Waals surface area contributed by atoms with Gasteiger partial charge in [0.1, 0.15) is 0 Å². The minimum Gasteiger partial charge on any atom is -0.386 e. The van der Waals surface area contributed by atoms with E-state index in [1.54, 1.807) is 13.8 Å². The monoisotopic (exact) mass is 252 g/mol. The normalized spacial score (nSPS) is 17.7. The molecule has 6 heteroatoms. The van der Waals surface area contributed by atoms with E-state index in [9.17, 15) is 19.2 Å². The fourth-order valence-electron chi connectivity index (χ4n) is 1.27. The number of carbonyl (C=O) groups excluding carboxylic acids is 4. The van der Waals surface area contributed by atoms with Crippen molar-refractivity contribution in [2.75, 3.05) is 0 Å². The Bertz CT molecular complexity index is 425. The molecule has 0 N–H and O–H groups in total. The minimum absolute atomic E-state index is 0.458. The van der Waals surface area contributed by atoms with Crippen molar-refractivity contribution in [2.45, 2.75) is 26.7 Å². The van der Waals surface area contributed by atoms with Gasteiger partial charge in [-0.2, -0.15) is 0 Å². The Labute approximate surface area is 103 Å². The lowest BCUT2D eigenvalue weighted by Crippen LogP contribution is -2.00. The van der Waals surface area contributed by atoms with Crippen molar-refractivity contribution >= 4 is 23.9 Å². The maximum absolute atomic E-state index is 10.5. The predicted molar refractivity (Wildman–Crippen MR) is 58.9 cm³/mol. The van der Waals surface area contributed by atoms with Crippen molar-refractivity contribution in [3.63, 3.8) is 0 Å². The molecule has 2 heterocycles. The van der Waals surface area contributed by atoms with Crippen LogP contribution in [-0.2, 0) is 28.7 Å². The first-order chi connectivity index (χ1) is 8.47. The molecule has 18 heavy (non-hydrogen) atoms. The molecule has 0 radical (unpaired) electrons. The molecule has 0 aromatic heterocycles. The second-order valence-corrected chi connectivity index (χ2v) is 3.46. The number of ether oxygens (including phenoxy) is 2. The van der Waals surface area contributed by atoms with Crippen molar-refractivity contribution in [1.29, 1.82) is 0 Å². The van der Waals surface area contributed by atoms with Gasteiger partial charge in [-0.3, -0.25) is 0 Å². The molecule has 0 saturated carbocycles. The Balaban J connectivity index is 0.000000180. The highest BCUT2D eigenvalue weighted by Crippen LogP contribution is 2.11. The van der Waals surface area contributed by atoms with Crippen LogP contribution in [0.25, 0.3) is 0 Å². The third kappa shape index (κ3) is 3.38. The average Bonchev–Trinajstić information content (AvgIpc) is 2.81. The van der Waals surface area contributed by atoms with Crippen LogP contribution in [0.5, 0.6) is 0 Å². The van der Waals surface area contributed by atoms with E-state index < -0.39 is 23.9 Å². The van der Waals surface area contributed by atoms with Crippen molar-refractivity contribution < 1.29 is 28.7 Å². The topological polar surface area (TPSA) is 86.7 Å². The average molecular weight is 252 g/mol. The van der Waals surface area contributed by atoms with Crippen LogP contribution in [0.15, 0.2) is 23.3 Å². The zero-order valence-corrected chi connectivity index (χ0v) is 10.0. The van der Waals surface area contributed by atoms with Crippen LogP contribution in [-0.4, -0.2) is 23.9 Å². The van der Waals surface area contributed by atoms with Crippen molar-refractivity contribution in [2.24, 2.45) is 0 Å². The zero-order chi connectivity index (χ0) is 13.7. The summed E-state index contributed by atoms with van der Waals surface area (Å²) in [6, 6.07) is 0.